The number of hydrogen-bond donors (Lipinski definition) is 1. The molecule has 0 aliphatic heterocycles. The van der Waals surface area contributed by atoms with E-state index in [4.69, 9.17) is 16.3 Å². The van der Waals surface area contributed by atoms with Gasteiger partial charge in [0, 0.05) is 16.7 Å². The van der Waals surface area contributed by atoms with Crippen LogP contribution in [0.2, 0.25) is 5.02 Å². The standard InChI is InChI=1S/C18H12ClN3O2/c19-13-2-1-3-15(10-13)24-18-9-8-17-20-11-16(22(17)21-18)12-4-6-14(23)7-5-12/h1-11,23H. The van der Waals surface area contributed by atoms with Crippen molar-refractivity contribution in [3.8, 4) is 28.6 Å². The number of benzene rings is 2. The van der Waals surface area contributed by atoms with E-state index in [1.54, 1.807) is 41.0 Å². The molecule has 118 valence electrons. The van der Waals surface area contributed by atoms with Crippen molar-refractivity contribution in [3.63, 3.8) is 0 Å². The van der Waals surface area contributed by atoms with Gasteiger partial charge in [-0.2, -0.15) is 0 Å². The van der Waals surface area contributed by atoms with Gasteiger partial charge in [0.05, 0.1) is 11.9 Å². The summed E-state index contributed by atoms with van der Waals surface area (Å²) in [5.41, 5.74) is 2.41. The van der Waals surface area contributed by atoms with E-state index in [1.165, 1.54) is 0 Å². The van der Waals surface area contributed by atoms with Crippen molar-refractivity contribution in [1.29, 1.82) is 0 Å². The quantitative estimate of drug-likeness (QED) is 0.596. The van der Waals surface area contributed by atoms with E-state index in [1.807, 2.05) is 30.3 Å². The highest BCUT2D eigenvalue weighted by Crippen LogP contribution is 2.26. The monoisotopic (exact) mass is 337 g/mol. The van der Waals surface area contributed by atoms with Crippen LogP contribution in [-0.4, -0.2) is 19.7 Å². The van der Waals surface area contributed by atoms with E-state index in [0.29, 0.717) is 22.3 Å². The van der Waals surface area contributed by atoms with Crippen LogP contribution in [0.5, 0.6) is 17.4 Å². The van der Waals surface area contributed by atoms with Gasteiger partial charge in [0.1, 0.15) is 11.5 Å². The van der Waals surface area contributed by atoms with Crippen LogP contribution in [0.4, 0.5) is 0 Å². The van der Waals surface area contributed by atoms with Crippen LogP contribution in [0.15, 0.2) is 66.9 Å². The Morgan fingerprint density at radius 2 is 1.83 bits per heavy atom. The molecule has 0 aliphatic rings. The zero-order valence-corrected chi connectivity index (χ0v) is 13.2. The van der Waals surface area contributed by atoms with Gasteiger partial charge in [-0.3, -0.25) is 0 Å². The highest BCUT2D eigenvalue weighted by Gasteiger charge is 2.09. The molecule has 0 radical (unpaired) electrons. The molecule has 0 saturated heterocycles. The summed E-state index contributed by atoms with van der Waals surface area (Å²) in [7, 11) is 0. The fourth-order valence-corrected chi connectivity index (χ4v) is 2.57. The Kier molecular flexibility index (Phi) is 3.55. The first kappa shape index (κ1) is 14.5. The second kappa shape index (κ2) is 5.86. The molecule has 0 saturated carbocycles. The van der Waals surface area contributed by atoms with Gasteiger partial charge in [-0.25, -0.2) is 9.50 Å². The van der Waals surface area contributed by atoms with Crippen molar-refractivity contribution in [2.75, 3.05) is 0 Å². The maximum atomic E-state index is 9.43. The molecule has 0 amide bonds. The highest BCUT2D eigenvalue weighted by molar-refractivity contribution is 6.30. The number of imidazole rings is 1. The molecule has 2 aromatic heterocycles. The molecule has 1 N–H and O–H groups in total. The Balaban J connectivity index is 1.74. The third-order valence-electron chi connectivity index (χ3n) is 3.52. The van der Waals surface area contributed by atoms with Gasteiger partial charge in [0.15, 0.2) is 5.65 Å². The van der Waals surface area contributed by atoms with Crippen molar-refractivity contribution in [1.82, 2.24) is 14.6 Å². The molecule has 0 bridgehead atoms. The van der Waals surface area contributed by atoms with E-state index in [0.717, 1.165) is 11.3 Å². The number of phenolic OH excluding ortho intramolecular Hbond substituents is 1. The van der Waals surface area contributed by atoms with E-state index in [2.05, 4.69) is 10.1 Å². The van der Waals surface area contributed by atoms with Gasteiger partial charge < -0.3 is 9.84 Å². The molecule has 2 aromatic carbocycles. The van der Waals surface area contributed by atoms with Gasteiger partial charge in [-0.1, -0.05) is 17.7 Å². The molecule has 0 spiro atoms. The second-order valence-electron chi connectivity index (χ2n) is 5.19. The van der Waals surface area contributed by atoms with Crippen LogP contribution in [0.3, 0.4) is 0 Å². The zero-order valence-electron chi connectivity index (χ0n) is 12.4. The summed E-state index contributed by atoms with van der Waals surface area (Å²) in [5, 5.41) is 14.5. The van der Waals surface area contributed by atoms with E-state index < -0.39 is 0 Å². The largest absolute Gasteiger partial charge is 0.508 e. The average molecular weight is 338 g/mol. The van der Waals surface area contributed by atoms with E-state index in [9.17, 15) is 5.11 Å². The van der Waals surface area contributed by atoms with Crippen molar-refractivity contribution in [3.05, 3.63) is 71.9 Å². The molecule has 0 unspecified atom stereocenters. The average Bonchev–Trinajstić information content (AvgIpc) is 2.99. The predicted octanol–water partition coefficient (Wildman–Crippen LogP) is 4.55. The first-order chi connectivity index (χ1) is 11.7. The summed E-state index contributed by atoms with van der Waals surface area (Å²) in [6.07, 6.45) is 1.73. The number of fused-ring (bicyclic) bond motifs is 1. The van der Waals surface area contributed by atoms with E-state index in [-0.39, 0.29) is 5.75 Å². The number of aromatic nitrogens is 3. The molecule has 0 aliphatic carbocycles. The molecule has 0 fully saturated rings. The van der Waals surface area contributed by atoms with Gasteiger partial charge >= 0.3 is 0 Å². The Hall–Kier alpha value is -3.05. The van der Waals surface area contributed by atoms with Crippen LogP contribution < -0.4 is 4.74 Å². The first-order valence-electron chi connectivity index (χ1n) is 7.27. The lowest BCUT2D eigenvalue weighted by Crippen LogP contribution is -1.97. The Labute approximate surface area is 142 Å². The van der Waals surface area contributed by atoms with Gasteiger partial charge in [-0.15, -0.1) is 5.10 Å². The molecule has 4 rings (SSSR count). The van der Waals surface area contributed by atoms with Crippen LogP contribution >= 0.6 is 11.6 Å². The fraction of sp³-hybridized carbons (Fsp3) is 0. The summed E-state index contributed by atoms with van der Waals surface area (Å²) in [6.45, 7) is 0. The summed E-state index contributed by atoms with van der Waals surface area (Å²) >= 11 is 5.97. The number of ether oxygens (including phenoxy) is 1. The Morgan fingerprint density at radius 1 is 1.00 bits per heavy atom. The molecule has 2 heterocycles. The zero-order chi connectivity index (χ0) is 16.5. The Morgan fingerprint density at radius 3 is 2.62 bits per heavy atom. The molecule has 0 atom stereocenters. The Bertz CT molecular complexity index is 1010. The van der Waals surface area contributed by atoms with Gasteiger partial charge in [-0.05, 0) is 48.5 Å². The summed E-state index contributed by atoms with van der Waals surface area (Å²) in [4.78, 5) is 4.34. The third kappa shape index (κ3) is 2.77. The minimum Gasteiger partial charge on any atom is -0.508 e. The lowest BCUT2D eigenvalue weighted by Gasteiger charge is -2.06. The predicted molar refractivity (Wildman–Crippen MR) is 91.6 cm³/mol. The third-order valence-corrected chi connectivity index (χ3v) is 3.75. The maximum Gasteiger partial charge on any atom is 0.237 e. The normalized spacial score (nSPS) is 10.9. The van der Waals surface area contributed by atoms with Crippen molar-refractivity contribution in [2.45, 2.75) is 0 Å². The summed E-state index contributed by atoms with van der Waals surface area (Å²) in [5.74, 6) is 1.26. The van der Waals surface area contributed by atoms with Crippen LogP contribution in [0.25, 0.3) is 16.9 Å². The lowest BCUT2D eigenvalue weighted by atomic mass is 10.2. The molecule has 4 aromatic rings. The number of phenols is 1. The van der Waals surface area contributed by atoms with Crippen LogP contribution in [-0.2, 0) is 0 Å². The smallest absolute Gasteiger partial charge is 0.237 e. The van der Waals surface area contributed by atoms with Crippen molar-refractivity contribution in [2.24, 2.45) is 0 Å². The number of rotatable bonds is 3. The van der Waals surface area contributed by atoms with Crippen molar-refractivity contribution < 1.29 is 9.84 Å². The minimum absolute atomic E-state index is 0.213. The van der Waals surface area contributed by atoms with E-state index >= 15 is 0 Å². The van der Waals surface area contributed by atoms with Gasteiger partial charge in [0.25, 0.3) is 0 Å². The summed E-state index contributed by atoms with van der Waals surface area (Å²) < 4.78 is 7.46. The second-order valence-corrected chi connectivity index (χ2v) is 5.63. The summed E-state index contributed by atoms with van der Waals surface area (Å²) in [6, 6.07) is 17.6. The maximum absolute atomic E-state index is 9.43. The molecular weight excluding hydrogens is 326 g/mol. The lowest BCUT2D eigenvalue weighted by molar-refractivity contribution is 0.453. The molecule has 24 heavy (non-hydrogen) atoms. The van der Waals surface area contributed by atoms with Crippen LogP contribution in [0.1, 0.15) is 0 Å². The molecule has 6 heteroatoms. The molecule has 5 nitrogen and oxygen atoms in total. The fourth-order valence-electron chi connectivity index (χ4n) is 2.39. The highest BCUT2D eigenvalue weighted by atomic mass is 35.5. The first-order valence-corrected chi connectivity index (χ1v) is 7.64. The SMILES string of the molecule is Oc1ccc(-c2cnc3ccc(Oc4cccc(Cl)c4)nn23)cc1. The number of halogens is 1. The number of nitrogens with zero attached hydrogens (tertiary/aromatic N) is 3. The minimum atomic E-state index is 0.213. The topological polar surface area (TPSA) is 59.7 Å². The van der Waals surface area contributed by atoms with Crippen LogP contribution in [0, 0.1) is 0 Å². The number of aromatic hydroxyl groups is 1. The number of hydrogen-bond acceptors (Lipinski definition) is 4. The van der Waals surface area contributed by atoms with Crippen molar-refractivity contribution >= 4 is 17.2 Å². The molecular formula is C18H12ClN3O2. The van der Waals surface area contributed by atoms with Gasteiger partial charge in [0.2, 0.25) is 5.88 Å².